The van der Waals surface area contributed by atoms with Gasteiger partial charge in [-0.2, -0.15) is 5.10 Å². The molecule has 1 heterocycles. The number of nitrogens with zero attached hydrogens (tertiary/aromatic N) is 2. The highest BCUT2D eigenvalue weighted by Gasteiger charge is 2.22. The third-order valence-electron chi connectivity index (χ3n) is 2.85. The van der Waals surface area contributed by atoms with Crippen molar-refractivity contribution in [2.24, 2.45) is 0 Å². The molecule has 0 amide bonds. The highest BCUT2D eigenvalue weighted by molar-refractivity contribution is 6.32. The molecule has 0 radical (unpaired) electrons. The first-order valence-corrected chi connectivity index (χ1v) is 6.10. The number of nitrogens with one attached hydrogen (secondary N) is 1. The Kier molecular flexibility index (Phi) is 4.93. The second kappa shape index (κ2) is 6.02. The van der Waals surface area contributed by atoms with Crippen molar-refractivity contribution in [3.63, 3.8) is 0 Å². The normalized spacial score (nSPS) is 14.0. The van der Waals surface area contributed by atoms with E-state index in [1.807, 2.05) is 13.8 Å². The Morgan fingerprint density at radius 1 is 1.72 bits per heavy atom. The number of halogens is 1. The minimum atomic E-state index is -0.525. The highest BCUT2D eigenvalue weighted by Crippen LogP contribution is 2.22. The number of anilines is 1. The zero-order valence-electron chi connectivity index (χ0n) is 10.6. The highest BCUT2D eigenvalue weighted by atomic mass is 35.5. The summed E-state index contributed by atoms with van der Waals surface area (Å²) in [5.74, 6) is 0. The van der Waals surface area contributed by atoms with Gasteiger partial charge >= 0.3 is 0 Å². The molecule has 0 aliphatic carbocycles. The fourth-order valence-corrected chi connectivity index (χ4v) is 1.56. The Labute approximate surface area is 111 Å². The van der Waals surface area contributed by atoms with Crippen molar-refractivity contribution in [2.45, 2.75) is 32.4 Å². The summed E-state index contributed by atoms with van der Waals surface area (Å²) in [5, 5.41) is 16.4. The number of hydrogen-bond acceptors (Lipinski definition) is 4. The molecule has 6 heteroatoms. The topological polar surface area (TPSA) is 67.2 Å². The standard InChI is InChI=1S/C12H18ClN3O2/c1-4-6-16-11(18)10(13)9(7-14-16)15-12(3,5-2)8-17/h4,7,15,17H,1,5-6,8H2,2-3H3. The molecule has 1 unspecified atom stereocenters. The average molecular weight is 272 g/mol. The van der Waals surface area contributed by atoms with Crippen molar-refractivity contribution in [3.8, 4) is 0 Å². The maximum Gasteiger partial charge on any atom is 0.287 e. The molecular weight excluding hydrogens is 254 g/mol. The minimum Gasteiger partial charge on any atom is -0.394 e. The first-order chi connectivity index (χ1) is 8.47. The number of aliphatic hydroxyl groups excluding tert-OH is 1. The molecule has 0 fully saturated rings. The van der Waals surface area contributed by atoms with Gasteiger partial charge < -0.3 is 10.4 Å². The lowest BCUT2D eigenvalue weighted by Gasteiger charge is -2.28. The van der Waals surface area contributed by atoms with Crippen LogP contribution in [0, 0.1) is 0 Å². The summed E-state index contributed by atoms with van der Waals surface area (Å²) in [6.07, 6.45) is 3.74. The first-order valence-electron chi connectivity index (χ1n) is 5.73. The van der Waals surface area contributed by atoms with Crippen LogP contribution < -0.4 is 10.9 Å². The van der Waals surface area contributed by atoms with Crippen LogP contribution in [0.25, 0.3) is 0 Å². The van der Waals surface area contributed by atoms with E-state index < -0.39 is 5.54 Å². The molecule has 1 atom stereocenters. The smallest absolute Gasteiger partial charge is 0.287 e. The van der Waals surface area contributed by atoms with Crippen LogP contribution in [-0.4, -0.2) is 27.0 Å². The molecule has 0 saturated heterocycles. The summed E-state index contributed by atoms with van der Waals surface area (Å²) in [6.45, 7) is 7.57. The van der Waals surface area contributed by atoms with Gasteiger partial charge in [-0.1, -0.05) is 24.6 Å². The summed E-state index contributed by atoms with van der Waals surface area (Å²) in [7, 11) is 0. The molecule has 0 bridgehead atoms. The van der Waals surface area contributed by atoms with Gasteiger partial charge in [-0.25, -0.2) is 4.68 Å². The molecule has 18 heavy (non-hydrogen) atoms. The lowest BCUT2D eigenvalue weighted by Crippen LogP contribution is -2.39. The van der Waals surface area contributed by atoms with Gasteiger partial charge in [-0.15, -0.1) is 6.58 Å². The third-order valence-corrected chi connectivity index (χ3v) is 3.22. The number of allylic oxidation sites excluding steroid dienone is 1. The van der Waals surface area contributed by atoms with Crippen molar-refractivity contribution >= 4 is 17.3 Å². The van der Waals surface area contributed by atoms with Gasteiger partial charge in [0.05, 0.1) is 30.6 Å². The van der Waals surface area contributed by atoms with Gasteiger partial charge in [0, 0.05) is 0 Å². The fourth-order valence-electron chi connectivity index (χ4n) is 1.37. The quantitative estimate of drug-likeness (QED) is 0.772. The Balaban J connectivity index is 3.09. The SMILES string of the molecule is C=CCn1ncc(NC(C)(CC)CO)c(Cl)c1=O. The molecular formula is C12H18ClN3O2. The maximum atomic E-state index is 11.9. The predicted octanol–water partition coefficient (Wildman–Crippen LogP) is 1.66. The van der Waals surface area contributed by atoms with Crippen molar-refractivity contribution in [1.29, 1.82) is 0 Å². The van der Waals surface area contributed by atoms with Crippen LogP contribution in [0.3, 0.4) is 0 Å². The van der Waals surface area contributed by atoms with E-state index in [0.717, 1.165) is 0 Å². The number of aromatic nitrogens is 2. The first kappa shape index (κ1) is 14.7. The van der Waals surface area contributed by atoms with Crippen LogP contribution in [0.5, 0.6) is 0 Å². The van der Waals surface area contributed by atoms with Crippen LogP contribution in [0.1, 0.15) is 20.3 Å². The number of rotatable bonds is 6. The van der Waals surface area contributed by atoms with E-state index in [1.165, 1.54) is 10.9 Å². The lowest BCUT2D eigenvalue weighted by atomic mass is 10.00. The van der Waals surface area contributed by atoms with Gasteiger partial charge in [0.1, 0.15) is 5.02 Å². The van der Waals surface area contributed by atoms with Crippen LogP contribution in [0.15, 0.2) is 23.6 Å². The second-order valence-electron chi connectivity index (χ2n) is 4.35. The van der Waals surface area contributed by atoms with Gasteiger partial charge in [0.15, 0.2) is 0 Å². The molecule has 0 spiro atoms. The van der Waals surface area contributed by atoms with E-state index in [9.17, 15) is 9.90 Å². The Morgan fingerprint density at radius 2 is 2.39 bits per heavy atom. The molecule has 0 aliphatic heterocycles. The van der Waals surface area contributed by atoms with Crippen molar-refractivity contribution in [1.82, 2.24) is 9.78 Å². The molecule has 1 aromatic rings. The fraction of sp³-hybridized carbons (Fsp3) is 0.500. The molecule has 1 rings (SSSR count). The van der Waals surface area contributed by atoms with E-state index in [0.29, 0.717) is 18.7 Å². The summed E-state index contributed by atoms with van der Waals surface area (Å²) >= 11 is 6.00. The molecule has 1 aromatic heterocycles. The van der Waals surface area contributed by atoms with Crippen LogP contribution >= 0.6 is 11.6 Å². The summed E-state index contributed by atoms with van der Waals surface area (Å²) < 4.78 is 1.22. The average Bonchev–Trinajstić information content (AvgIpc) is 2.38. The lowest BCUT2D eigenvalue weighted by molar-refractivity contribution is 0.219. The minimum absolute atomic E-state index is 0.0599. The van der Waals surface area contributed by atoms with Gasteiger partial charge in [0.2, 0.25) is 0 Å². The maximum absolute atomic E-state index is 11.9. The summed E-state index contributed by atoms with van der Waals surface area (Å²) in [6, 6.07) is 0. The van der Waals surface area contributed by atoms with Crippen molar-refractivity contribution in [2.75, 3.05) is 11.9 Å². The Bertz CT molecular complexity index is 481. The van der Waals surface area contributed by atoms with Gasteiger partial charge in [-0.3, -0.25) is 4.79 Å². The molecule has 2 N–H and O–H groups in total. The number of hydrogen-bond donors (Lipinski definition) is 2. The third kappa shape index (κ3) is 3.11. The van der Waals surface area contributed by atoms with Crippen LogP contribution in [0.2, 0.25) is 5.02 Å². The predicted molar refractivity (Wildman–Crippen MR) is 73.1 cm³/mol. The van der Waals surface area contributed by atoms with E-state index in [-0.39, 0.29) is 17.2 Å². The zero-order chi connectivity index (χ0) is 13.8. The van der Waals surface area contributed by atoms with Crippen molar-refractivity contribution < 1.29 is 5.11 Å². The van der Waals surface area contributed by atoms with E-state index in [1.54, 1.807) is 6.08 Å². The molecule has 0 saturated carbocycles. The van der Waals surface area contributed by atoms with Crippen LogP contribution in [0.4, 0.5) is 5.69 Å². The molecule has 0 aromatic carbocycles. The van der Waals surface area contributed by atoms with E-state index >= 15 is 0 Å². The van der Waals surface area contributed by atoms with Gasteiger partial charge in [-0.05, 0) is 13.3 Å². The second-order valence-corrected chi connectivity index (χ2v) is 4.72. The van der Waals surface area contributed by atoms with Crippen LogP contribution in [-0.2, 0) is 6.54 Å². The number of aliphatic hydroxyl groups is 1. The molecule has 0 aliphatic rings. The van der Waals surface area contributed by atoms with Gasteiger partial charge in [0.25, 0.3) is 5.56 Å². The molecule has 5 nitrogen and oxygen atoms in total. The summed E-state index contributed by atoms with van der Waals surface area (Å²) in [5.41, 5.74) is -0.471. The Hall–Kier alpha value is -1.33. The largest absolute Gasteiger partial charge is 0.394 e. The summed E-state index contributed by atoms with van der Waals surface area (Å²) in [4.78, 5) is 11.9. The Morgan fingerprint density at radius 3 is 2.89 bits per heavy atom. The van der Waals surface area contributed by atoms with E-state index in [2.05, 4.69) is 17.0 Å². The zero-order valence-corrected chi connectivity index (χ0v) is 11.4. The molecule has 100 valence electrons. The monoisotopic (exact) mass is 271 g/mol. The van der Waals surface area contributed by atoms with Crippen molar-refractivity contribution in [3.05, 3.63) is 34.2 Å². The van der Waals surface area contributed by atoms with E-state index in [4.69, 9.17) is 11.6 Å².